The Kier molecular flexibility index (Phi) is 6.88. The van der Waals surface area contributed by atoms with Crippen LogP contribution in [0.1, 0.15) is 53.2 Å². The third kappa shape index (κ3) is 6.91. The van der Waals surface area contributed by atoms with E-state index in [1.807, 2.05) is 32.9 Å². The molecule has 0 saturated carbocycles. The molecule has 1 rings (SSSR count). The number of aliphatic hydroxyl groups excluding tert-OH is 1. The van der Waals surface area contributed by atoms with E-state index in [-0.39, 0.29) is 30.1 Å². The van der Waals surface area contributed by atoms with E-state index in [9.17, 15) is 9.90 Å². The van der Waals surface area contributed by atoms with Gasteiger partial charge >= 0.3 is 6.03 Å². The fourth-order valence-corrected chi connectivity index (χ4v) is 1.81. The smallest absolute Gasteiger partial charge is 0.315 e. The number of amides is 2. The van der Waals surface area contributed by atoms with Gasteiger partial charge in [-0.3, -0.25) is 0 Å². The van der Waals surface area contributed by atoms with Gasteiger partial charge in [0.15, 0.2) is 0 Å². The molecular weight excluding hydrogens is 292 g/mol. The van der Waals surface area contributed by atoms with Gasteiger partial charge in [0.1, 0.15) is 5.75 Å². The van der Waals surface area contributed by atoms with Crippen molar-refractivity contribution in [1.82, 2.24) is 10.6 Å². The Morgan fingerprint density at radius 2 is 1.74 bits per heavy atom. The fourth-order valence-electron chi connectivity index (χ4n) is 1.81. The topological polar surface area (TPSA) is 70.6 Å². The first-order chi connectivity index (χ1) is 10.6. The first kappa shape index (κ1) is 19.3. The van der Waals surface area contributed by atoms with Crippen LogP contribution in [0, 0.1) is 5.41 Å². The maximum atomic E-state index is 11.9. The van der Waals surface area contributed by atoms with Crippen LogP contribution in [0.5, 0.6) is 5.75 Å². The van der Waals surface area contributed by atoms with E-state index in [4.69, 9.17) is 4.74 Å². The number of ether oxygens (including phenoxy) is 1. The number of hydrogen-bond acceptors (Lipinski definition) is 3. The van der Waals surface area contributed by atoms with Crippen LogP contribution < -0.4 is 15.4 Å². The number of rotatable bonds is 6. The second-order valence-corrected chi connectivity index (χ2v) is 7.19. The van der Waals surface area contributed by atoms with Crippen molar-refractivity contribution in [2.75, 3.05) is 6.54 Å². The van der Waals surface area contributed by atoms with Gasteiger partial charge in [0.2, 0.25) is 0 Å². The highest BCUT2D eigenvalue weighted by Crippen LogP contribution is 2.19. The summed E-state index contributed by atoms with van der Waals surface area (Å²) in [6.45, 7) is 12.2. The normalized spacial score (nSPS) is 14.3. The molecule has 0 fully saturated rings. The molecule has 1 aromatic carbocycles. The second kappa shape index (κ2) is 8.20. The van der Waals surface area contributed by atoms with Gasteiger partial charge in [-0.15, -0.1) is 0 Å². The molecule has 5 nitrogen and oxygen atoms in total. The van der Waals surface area contributed by atoms with E-state index >= 15 is 0 Å². The van der Waals surface area contributed by atoms with Gasteiger partial charge in [0.05, 0.1) is 12.2 Å². The van der Waals surface area contributed by atoms with Crippen LogP contribution in [-0.2, 0) is 0 Å². The number of carbonyl (C=O) groups excluding carboxylic acids is 1. The van der Waals surface area contributed by atoms with Gasteiger partial charge < -0.3 is 20.5 Å². The predicted molar refractivity (Wildman–Crippen MR) is 92.6 cm³/mol. The number of urea groups is 1. The molecule has 3 N–H and O–H groups in total. The molecule has 23 heavy (non-hydrogen) atoms. The van der Waals surface area contributed by atoms with E-state index in [0.29, 0.717) is 0 Å². The predicted octanol–water partition coefficient (Wildman–Crippen LogP) is 3.24. The molecular formula is C18H30N2O3. The molecule has 1 aromatic rings. The van der Waals surface area contributed by atoms with Crippen molar-refractivity contribution in [1.29, 1.82) is 0 Å². The molecule has 5 heteroatoms. The molecule has 0 heterocycles. The van der Waals surface area contributed by atoms with Crippen LogP contribution in [0.15, 0.2) is 24.3 Å². The van der Waals surface area contributed by atoms with E-state index in [1.165, 1.54) is 0 Å². The number of benzene rings is 1. The van der Waals surface area contributed by atoms with Crippen molar-refractivity contribution >= 4 is 6.03 Å². The lowest BCUT2D eigenvalue weighted by atomic mass is 9.88. The Bertz CT molecular complexity index is 492. The Balaban J connectivity index is 2.47. The molecule has 0 spiro atoms. The SMILES string of the molecule is CC(C)Oc1ccc(C(O)CNC(=O)NC(C)C(C)(C)C)cc1. The maximum absolute atomic E-state index is 11.9. The summed E-state index contributed by atoms with van der Waals surface area (Å²) in [7, 11) is 0. The molecule has 0 saturated heterocycles. The lowest BCUT2D eigenvalue weighted by molar-refractivity contribution is 0.170. The molecule has 2 atom stereocenters. The maximum Gasteiger partial charge on any atom is 0.315 e. The molecule has 2 amide bonds. The largest absolute Gasteiger partial charge is 0.491 e. The quantitative estimate of drug-likeness (QED) is 0.753. The lowest BCUT2D eigenvalue weighted by Gasteiger charge is -2.28. The van der Waals surface area contributed by atoms with Crippen molar-refractivity contribution in [2.24, 2.45) is 5.41 Å². The highest BCUT2D eigenvalue weighted by Gasteiger charge is 2.21. The fraction of sp³-hybridized carbons (Fsp3) is 0.611. The molecule has 2 unspecified atom stereocenters. The molecule has 0 radical (unpaired) electrons. The van der Waals surface area contributed by atoms with Gasteiger partial charge in [0.25, 0.3) is 0 Å². The third-order valence-corrected chi connectivity index (χ3v) is 3.74. The summed E-state index contributed by atoms with van der Waals surface area (Å²) in [5.41, 5.74) is 0.729. The minimum Gasteiger partial charge on any atom is -0.491 e. The Hall–Kier alpha value is -1.75. The second-order valence-electron chi connectivity index (χ2n) is 7.19. The summed E-state index contributed by atoms with van der Waals surface area (Å²) < 4.78 is 5.56. The highest BCUT2D eigenvalue weighted by molar-refractivity contribution is 5.74. The van der Waals surface area contributed by atoms with Crippen molar-refractivity contribution < 1.29 is 14.6 Å². The number of nitrogens with one attached hydrogen (secondary N) is 2. The van der Waals surface area contributed by atoms with Crippen molar-refractivity contribution in [2.45, 2.75) is 59.8 Å². The van der Waals surface area contributed by atoms with E-state index in [0.717, 1.165) is 11.3 Å². The summed E-state index contributed by atoms with van der Waals surface area (Å²) in [5.74, 6) is 0.764. The van der Waals surface area contributed by atoms with Crippen LogP contribution in [0.3, 0.4) is 0 Å². The van der Waals surface area contributed by atoms with E-state index in [1.54, 1.807) is 12.1 Å². The van der Waals surface area contributed by atoms with Gasteiger partial charge in [0, 0.05) is 12.6 Å². The Labute approximate surface area is 139 Å². The summed E-state index contributed by atoms with van der Waals surface area (Å²) in [5, 5.41) is 15.7. The molecule has 130 valence electrons. The Morgan fingerprint density at radius 3 is 2.22 bits per heavy atom. The van der Waals surface area contributed by atoms with Crippen LogP contribution >= 0.6 is 0 Å². The average Bonchev–Trinajstić information content (AvgIpc) is 2.44. The lowest BCUT2D eigenvalue weighted by Crippen LogP contribution is -2.47. The summed E-state index contributed by atoms with van der Waals surface area (Å²) >= 11 is 0. The van der Waals surface area contributed by atoms with E-state index in [2.05, 4.69) is 31.4 Å². The van der Waals surface area contributed by atoms with Gasteiger partial charge in [-0.25, -0.2) is 4.79 Å². The minimum absolute atomic E-state index is 0.0117. The van der Waals surface area contributed by atoms with Crippen LogP contribution in [0.4, 0.5) is 4.79 Å². The Morgan fingerprint density at radius 1 is 1.17 bits per heavy atom. The third-order valence-electron chi connectivity index (χ3n) is 3.74. The average molecular weight is 322 g/mol. The summed E-state index contributed by atoms with van der Waals surface area (Å²) in [6.07, 6.45) is -0.639. The molecule has 0 aliphatic heterocycles. The monoisotopic (exact) mass is 322 g/mol. The summed E-state index contributed by atoms with van der Waals surface area (Å²) in [6, 6.07) is 7.01. The van der Waals surface area contributed by atoms with Crippen molar-refractivity contribution in [3.05, 3.63) is 29.8 Å². The van der Waals surface area contributed by atoms with Crippen LogP contribution in [-0.4, -0.2) is 29.8 Å². The minimum atomic E-state index is -0.751. The number of carbonyl (C=O) groups is 1. The van der Waals surface area contributed by atoms with Crippen LogP contribution in [0.2, 0.25) is 0 Å². The standard InChI is InChI=1S/C18H30N2O3/c1-12(2)23-15-9-7-14(8-10-15)16(21)11-19-17(22)20-13(3)18(4,5)6/h7-10,12-13,16,21H,11H2,1-6H3,(H2,19,20,22). The number of hydrogen-bond donors (Lipinski definition) is 3. The first-order valence-electron chi connectivity index (χ1n) is 8.08. The molecule has 0 bridgehead atoms. The number of aliphatic hydroxyl groups is 1. The first-order valence-corrected chi connectivity index (χ1v) is 8.08. The van der Waals surface area contributed by atoms with Gasteiger partial charge in [-0.2, -0.15) is 0 Å². The molecule has 0 aromatic heterocycles. The van der Waals surface area contributed by atoms with Gasteiger partial charge in [-0.1, -0.05) is 32.9 Å². The van der Waals surface area contributed by atoms with Crippen molar-refractivity contribution in [3.8, 4) is 5.75 Å². The molecule has 0 aliphatic carbocycles. The van der Waals surface area contributed by atoms with E-state index < -0.39 is 6.10 Å². The highest BCUT2D eigenvalue weighted by atomic mass is 16.5. The van der Waals surface area contributed by atoms with Crippen LogP contribution in [0.25, 0.3) is 0 Å². The summed E-state index contributed by atoms with van der Waals surface area (Å²) in [4.78, 5) is 11.9. The zero-order valence-corrected chi connectivity index (χ0v) is 15.0. The van der Waals surface area contributed by atoms with Crippen molar-refractivity contribution in [3.63, 3.8) is 0 Å². The zero-order chi connectivity index (χ0) is 17.6. The van der Waals surface area contributed by atoms with Gasteiger partial charge in [-0.05, 0) is 43.9 Å². The zero-order valence-electron chi connectivity index (χ0n) is 15.0. The molecule has 0 aliphatic rings.